The van der Waals surface area contributed by atoms with E-state index in [2.05, 4.69) is 4.72 Å². The smallest absolute Gasteiger partial charge is 0.293 e. The fraction of sp³-hybridized carbons (Fsp3) is 0.625. The van der Waals surface area contributed by atoms with Crippen molar-refractivity contribution in [3.8, 4) is 0 Å². The van der Waals surface area contributed by atoms with Gasteiger partial charge >= 0.3 is 0 Å². The van der Waals surface area contributed by atoms with Crippen molar-refractivity contribution in [1.29, 1.82) is 0 Å². The molecule has 0 saturated carbocycles. The third kappa shape index (κ3) is 5.38. The molecule has 1 heterocycles. The van der Waals surface area contributed by atoms with E-state index >= 15 is 0 Å². The van der Waals surface area contributed by atoms with Gasteiger partial charge in [0.15, 0.2) is 0 Å². The Morgan fingerprint density at radius 1 is 1.20 bits per heavy atom. The summed E-state index contributed by atoms with van der Waals surface area (Å²) in [6.45, 7) is 2.31. The highest BCUT2D eigenvalue weighted by atomic mass is 32.2. The van der Waals surface area contributed by atoms with Crippen LogP contribution in [-0.4, -0.2) is 58.5 Å². The van der Waals surface area contributed by atoms with E-state index in [4.69, 9.17) is 0 Å². The van der Waals surface area contributed by atoms with Gasteiger partial charge in [0.1, 0.15) is 5.69 Å². The second-order valence-corrected chi connectivity index (χ2v) is 8.28. The number of nitro benzene ring substituents is 1. The van der Waals surface area contributed by atoms with Gasteiger partial charge in [0.2, 0.25) is 10.0 Å². The van der Waals surface area contributed by atoms with Crippen LogP contribution in [0.3, 0.4) is 0 Å². The average Bonchev–Trinajstić information content (AvgIpc) is 2.82. The molecular formula is C16H26N4O4S. The average molecular weight is 370 g/mol. The summed E-state index contributed by atoms with van der Waals surface area (Å²) >= 11 is 0. The first-order valence-electron chi connectivity index (χ1n) is 8.49. The highest BCUT2D eigenvalue weighted by molar-refractivity contribution is 7.89. The number of anilines is 1. The molecule has 25 heavy (non-hydrogen) atoms. The molecule has 0 bridgehead atoms. The summed E-state index contributed by atoms with van der Waals surface area (Å²) in [5, 5.41) is 11.5. The molecule has 0 aliphatic carbocycles. The minimum Gasteiger partial charge on any atom is -0.366 e. The molecule has 2 rings (SSSR count). The molecule has 0 unspecified atom stereocenters. The molecule has 1 aliphatic rings. The van der Waals surface area contributed by atoms with Crippen LogP contribution in [0, 0.1) is 10.1 Å². The maximum absolute atomic E-state index is 12.4. The normalized spacial score (nSPS) is 16.0. The minimum atomic E-state index is -3.77. The van der Waals surface area contributed by atoms with Crippen molar-refractivity contribution in [3.63, 3.8) is 0 Å². The summed E-state index contributed by atoms with van der Waals surface area (Å²) in [6, 6.07) is 4.17. The van der Waals surface area contributed by atoms with Crippen molar-refractivity contribution >= 4 is 21.4 Å². The van der Waals surface area contributed by atoms with Crippen LogP contribution < -0.4 is 9.62 Å². The van der Waals surface area contributed by atoms with E-state index in [1.54, 1.807) is 6.07 Å². The SMILES string of the molecule is CN(C)CCNS(=O)(=O)c1ccc(N2CCCCCC2)c([N+](=O)[O-])c1. The number of nitrogens with zero attached hydrogens (tertiary/aromatic N) is 3. The third-order valence-corrected chi connectivity index (χ3v) is 5.71. The molecule has 1 saturated heterocycles. The highest BCUT2D eigenvalue weighted by Gasteiger charge is 2.24. The lowest BCUT2D eigenvalue weighted by Gasteiger charge is -2.22. The molecule has 1 N–H and O–H groups in total. The summed E-state index contributed by atoms with van der Waals surface area (Å²) in [4.78, 5) is 14.8. The van der Waals surface area contributed by atoms with E-state index < -0.39 is 14.9 Å². The van der Waals surface area contributed by atoms with E-state index in [0.29, 0.717) is 12.2 Å². The molecule has 0 aromatic heterocycles. The largest absolute Gasteiger partial charge is 0.366 e. The van der Waals surface area contributed by atoms with Crippen LogP contribution in [0.25, 0.3) is 0 Å². The number of rotatable bonds is 7. The van der Waals surface area contributed by atoms with Crippen molar-refractivity contribution < 1.29 is 13.3 Å². The summed E-state index contributed by atoms with van der Waals surface area (Å²) in [5.74, 6) is 0. The first-order chi connectivity index (χ1) is 11.8. The Balaban J connectivity index is 2.27. The van der Waals surface area contributed by atoms with Crippen LogP contribution in [0.4, 0.5) is 11.4 Å². The number of sulfonamides is 1. The van der Waals surface area contributed by atoms with Crippen molar-refractivity contribution in [3.05, 3.63) is 28.3 Å². The summed E-state index contributed by atoms with van der Waals surface area (Å²) in [6.07, 6.45) is 4.21. The first kappa shape index (κ1) is 19.6. The molecular weight excluding hydrogens is 344 g/mol. The molecule has 1 aromatic rings. The minimum absolute atomic E-state index is 0.0727. The monoisotopic (exact) mass is 370 g/mol. The second-order valence-electron chi connectivity index (χ2n) is 6.51. The Morgan fingerprint density at radius 2 is 1.84 bits per heavy atom. The molecule has 1 fully saturated rings. The van der Waals surface area contributed by atoms with Gasteiger partial charge in [-0.05, 0) is 39.1 Å². The highest BCUT2D eigenvalue weighted by Crippen LogP contribution is 2.32. The van der Waals surface area contributed by atoms with Gasteiger partial charge in [0.25, 0.3) is 5.69 Å². The topological polar surface area (TPSA) is 95.8 Å². The van der Waals surface area contributed by atoms with Gasteiger partial charge in [0.05, 0.1) is 9.82 Å². The predicted octanol–water partition coefficient (Wildman–Crippen LogP) is 1.82. The second kappa shape index (κ2) is 8.59. The van der Waals surface area contributed by atoms with E-state index in [-0.39, 0.29) is 17.1 Å². The van der Waals surface area contributed by atoms with Crippen LogP contribution in [-0.2, 0) is 10.0 Å². The quantitative estimate of drug-likeness (QED) is 0.581. The lowest BCUT2D eigenvalue weighted by molar-refractivity contribution is -0.384. The standard InChI is InChI=1S/C16H26N4O4S/c1-18(2)12-9-17-25(23,24)14-7-8-15(16(13-14)20(21)22)19-10-5-3-4-6-11-19/h7-8,13,17H,3-6,9-12H2,1-2H3. The van der Waals surface area contributed by atoms with Crippen molar-refractivity contribution in [2.24, 2.45) is 0 Å². The number of likely N-dealkylation sites (N-methyl/N-ethyl adjacent to an activating group) is 1. The first-order valence-corrected chi connectivity index (χ1v) is 9.97. The van der Waals surface area contributed by atoms with Gasteiger partial charge < -0.3 is 9.80 Å². The van der Waals surface area contributed by atoms with Crippen molar-refractivity contribution in [2.45, 2.75) is 30.6 Å². The molecule has 9 heteroatoms. The number of hydrogen-bond donors (Lipinski definition) is 1. The van der Waals surface area contributed by atoms with Crippen LogP contribution in [0.2, 0.25) is 0 Å². The van der Waals surface area contributed by atoms with Crippen LogP contribution in [0.5, 0.6) is 0 Å². The van der Waals surface area contributed by atoms with Gasteiger partial charge in [-0.1, -0.05) is 12.8 Å². The molecule has 0 radical (unpaired) electrons. The zero-order valence-corrected chi connectivity index (χ0v) is 15.6. The van der Waals surface area contributed by atoms with E-state index in [1.165, 1.54) is 6.07 Å². The van der Waals surface area contributed by atoms with Gasteiger partial charge in [-0.25, -0.2) is 13.1 Å². The Bertz CT molecular complexity index is 698. The fourth-order valence-corrected chi connectivity index (χ4v) is 3.92. The maximum Gasteiger partial charge on any atom is 0.293 e. The molecule has 0 spiro atoms. The Kier molecular flexibility index (Phi) is 6.74. The van der Waals surface area contributed by atoms with Gasteiger partial charge in [-0.2, -0.15) is 0 Å². The Hall–Kier alpha value is -1.71. The number of hydrogen-bond acceptors (Lipinski definition) is 6. The van der Waals surface area contributed by atoms with E-state index in [0.717, 1.165) is 44.8 Å². The van der Waals surface area contributed by atoms with Gasteiger partial charge in [-0.15, -0.1) is 0 Å². The lowest BCUT2D eigenvalue weighted by atomic mass is 10.2. The fourth-order valence-electron chi connectivity index (χ4n) is 2.88. The number of nitro groups is 1. The van der Waals surface area contributed by atoms with Crippen LogP contribution in [0.15, 0.2) is 23.1 Å². The summed E-state index contributed by atoms with van der Waals surface area (Å²) < 4.78 is 27.2. The van der Waals surface area contributed by atoms with Crippen LogP contribution >= 0.6 is 0 Å². The van der Waals surface area contributed by atoms with E-state index in [1.807, 2.05) is 23.9 Å². The molecule has 8 nitrogen and oxygen atoms in total. The number of nitrogens with one attached hydrogen (secondary N) is 1. The van der Waals surface area contributed by atoms with Gasteiger partial charge in [0, 0.05) is 32.2 Å². The Morgan fingerprint density at radius 3 is 2.40 bits per heavy atom. The lowest BCUT2D eigenvalue weighted by Crippen LogP contribution is -2.31. The maximum atomic E-state index is 12.4. The summed E-state index contributed by atoms with van der Waals surface area (Å²) in [5.41, 5.74) is 0.344. The Labute approximate surface area is 149 Å². The van der Waals surface area contributed by atoms with Gasteiger partial charge in [-0.3, -0.25) is 10.1 Å². The van der Waals surface area contributed by atoms with Crippen molar-refractivity contribution in [2.75, 3.05) is 45.2 Å². The van der Waals surface area contributed by atoms with Crippen molar-refractivity contribution in [1.82, 2.24) is 9.62 Å². The molecule has 140 valence electrons. The number of benzene rings is 1. The molecule has 1 aromatic carbocycles. The van der Waals surface area contributed by atoms with E-state index in [9.17, 15) is 18.5 Å². The molecule has 1 aliphatic heterocycles. The molecule has 0 atom stereocenters. The zero-order valence-electron chi connectivity index (χ0n) is 14.8. The molecule has 0 amide bonds. The zero-order chi connectivity index (χ0) is 18.4. The predicted molar refractivity (Wildman–Crippen MR) is 97.5 cm³/mol. The summed E-state index contributed by atoms with van der Waals surface area (Å²) in [7, 11) is -0.0815. The third-order valence-electron chi connectivity index (χ3n) is 4.25. The van der Waals surface area contributed by atoms with Crippen LogP contribution in [0.1, 0.15) is 25.7 Å².